The fraction of sp³-hybridized carbons (Fsp3) is 0.343. The predicted molar refractivity (Wildman–Crippen MR) is 187 cm³/mol. The normalized spacial score (nSPS) is 21.8. The van der Waals surface area contributed by atoms with Crippen LogP contribution in [0.5, 0.6) is 11.5 Å². The molecule has 0 aliphatic carbocycles. The number of thiocarbonyl (C=S) groups is 1. The second-order valence-corrected chi connectivity index (χ2v) is 14.5. The van der Waals surface area contributed by atoms with Gasteiger partial charge in [0.1, 0.15) is 29.3 Å². The lowest BCUT2D eigenvalue weighted by Gasteiger charge is -2.37. The van der Waals surface area contributed by atoms with Gasteiger partial charge in [-0.15, -0.1) is 0 Å². The van der Waals surface area contributed by atoms with Gasteiger partial charge in [-0.1, -0.05) is 54.6 Å². The Hall–Kier alpha value is -4.54. The standard InChI is InChI=1S/C35H37N3O10S2/c1-44-26-12-8-24(9-13-26)35(23-6-4-3-5-7-23,25-10-14-27(45-2)15-11-25)46-22-28-30(40)31(32(47-28)38-17-16-29(39)36-33(38)41)48-34(49)37-18-20-50(42,43)21-19-37/h3-17,28,30-32,40H,18-22H2,1-2H3,(H,36,39,41)/t28-,30-,31-,32-/m1/s1. The van der Waals surface area contributed by atoms with Crippen LogP contribution in [0.15, 0.2) is 101 Å². The zero-order valence-electron chi connectivity index (χ0n) is 27.3. The molecule has 0 unspecified atom stereocenters. The van der Waals surface area contributed by atoms with Gasteiger partial charge in [-0.3, -0.25) is 14.3 Å². The molecule has 2 saturated heterocycles. The number of aliphatic hydroxyl groups excluding tert-OH is 1. The molecule has 264 valence electrons. The summed E-state index contributed by atoms with van der Waals surface area (Å²) < 4.78 is 55.4. The third kappa shape index (κ3) is 7.18. The molecule has 50 heavy (non-hydrogen) atoms. The Morgan fingerprint density at radius 2 is 1.46 bits per heavy atom. The molecule has 0 saturated carbocycles. The Bertz CT molecular complexity index is 1960. The van der Waals surface area contributed by atoms with Gasteiger partial charge in [0.15, 0.2) is 22.2 Å². The van der Waals surface area contributed by atoms with Gasteiger partial charge in [0.25, 0.3) is 10.7 Å². The molecule has 0 radical (unpaired) electrons. The van der Waals surface area contributed by atoms with Crippen LogP contribution in [0.25, 0.3) is 0 Å². The van der Waals surface area contributed by atoms with Gasteiger partial charge in [0.05, 0.1) is 32.3 Å². The Morgan fingerprint density at radius 3 is 2.00 bits per heavy atom. The molecule has 3 heterocycles. The van der Waals surface area contributed by atoms with E-state index in [1.807, 2.05) is 78.9 Å². The van der Waals surface area contributed by atoms with Gasteiger partial charge in [0.2, 0.25) is 0 Å². The first kappa shape index (κ1) is 35.3. The summed E-state index contributed by atoms with van der Waals surface area (Å²) in [6, 6.07) is 25.6. The number of methoxy groups -OCH3 is 2. The van der Waals surface area contributed by atoms with E-state index in [1.54, 1.807) is 19.1 Å². The van der Waals surface area contributed by atoms with E-state index in [2.05, 4.69) is 4.98 Å². The average molecular weight is 724 g/mol. The SMILES string of the molecule is COc1ccc(C(OC[C@H]2O[C@@H](n3ccc(=O)[nH]c3=O)[C@H](OC(=S)N3CCS(=O)(=O)CC3)[C@@H]2O)(c2ccccc2)c2ccc(OC)cc2)cc1. The number of H-pyrrole nitrogens is 1. The Labute approximate surface area is 293 Å². The lowest BCUT2D eigenvalue weighted by molar-refractivity contribution is -0.0957. The van der Waals surface area contributed by atoms with Crippen LogP contribution in [0.2, 0.25) is 0 Å². The van der Waals surface area contributed by atoms with E-state index in [0.717, 1.165) is 27.3 Å². The highest BCUT2D eigenvalue weighted by Crippen LogP contribution is 2.43. The zero-order chi connectivity index (χ0) is 35.5. The highest BCUT2D eigenvalue weighted by Gasteiger charge is 2.49. The summed E-state index contributed by atoms with van der Waals surface area (Å²) in [6.07, 6.45) is -3.66. The van der Waals surface area contributed by atoms with Gasteiger partial charge in [-0.25, -0.2) is 13.2 Å². The van der Waals surface area contributed by atoms with Crippen LogP contribution >= 0.6 is 12.2 Å². The van der Waals surface area contributed by atoms with Crippen molar-refractivity contribution in [2.45, 2.75) is 30.1 Å². The Kier molecular flexibility index (Phi) is 10.4. The van der Waals surface area contributed by atoms with E-state index in [4.69, 9.17) is 35.9 Å². The first-order valence-electron chi connectivity index (χ1n) is 15.8. The van der Waals surface area contributed by atoms with Gasteiger partial charge < -0.3 is 33.7 Å². The number of benzene rings is 3. The van der Waals surface area contributed by atoms with Crippen LogP contribution in [-0.2, 0) is 29.6 Å². The lowest BCUT2D eigenvalue weighted by atomic mass is 9.80. The van der Waals surface area contributed by atoms with Crippen LogP contribution in [0.1, 0.15) is 22.9 Å². The minimum atomic E-state index is -3.20. The van der Waals surface area contributed by atoms with Crippen molar-refractivity contribution in [1.82, 2.24) is 14.5 Å². The van der Waals surface area contributed by atoms with E-state index < -0.39 is 51.2 Å². The predicted octanol–water partition coefficient (Wildman–Crippen LogP) is 2.22. The molecular weight excluding hydrogens is 687 g/mol. The van der Waals surface area contributed by atoms with Gasteiger partial charge in [-0.05, 0) is 53.2 Å². The van der Waals surface area contributed by atoms with E-state index >= 15 is 0 Å². The number of sulfone groups is 1. The van der Waals surface area contributed by atoms with Crippen molar-refractivity contribution in [2.75, 3.05) is 45.4 Å². The lowest BCUT2D eigenvalue weighted by Crippen LogP contribution is -2.47. The van der Waals surface area contributed by atoms with Crippen molar-refractivity contribution in [3.05, 3.63) is 129 Å². The van der Waals surface area contributed by atoms with Gasteiger partial charge >= 0.3 is 5.69 Å². The first-order valence-corrected chi connectivity index (χ1v) is 18.1. The summed E-state index contributed by atoms with van der Waals surface area (Å²) in [7, 11) is -0.0321. The van der Waals surface area contributed by atoms with Crippen LogP contribution in [-0.4, -0.2) is 96.9 Å². The number of aliphatic hydroxyl groups is 1. The van der Waals surface area contributed by atoms with Crippen LogP contribution < -0.4 is 20.7 Å². The van der Waals surface area contributed by atoms with E-state index in [1.165, 1.54) is 6.20 Å². The molecule has 1 aromatic heterocycles. The zero-order valence-corrected chi connectivity index (χ0v) is 29.0. The van der Waals surface area contributed by atoms with Crippen molar-refractivity contribution in [3.8, 4) is 11.5 Å². The molecule has 0 spiro atoms. The number of rotatable bonds is 10. The summed E-state index contributed by atoms with van der Waals surface area (Å²) in [4.78, 5) is 28.6. The fourth-order valence-corrected chi connectivity index (χ4v) is 7.70. The fourth-order valence-electron chi connectivity index (χ4n) is 6.20. The highest BCUT2D eigenvalue weighted by molar-refractivity contribution is 7.91. The number of ether oxygens (including phenoxy) is 5. The molecule has 2 fully saturated rings. The summed E-state index contributed by atoms with van der Waals surface area (Å²) in [5.41, 5.74) is -0.339. The maximum atomic E-state index is 13.0. The van der Waals surface area contributed by atoms with Gasteiger partial charge in [-0.2, -0.15) is 0 Å². The molecule has 2 aliphatic rings. The van der Waals surface area contributed by atoms with Crippen LogP contribution in [0.4, 0.5) is 0 Å². The maximum absolute atomic E-state index is 13.0. The molecule has 0 bridgehead atoms. The molecule has 15 heteroatoms. The third-order valence-electron chi connectivity index (χ3n) is 8.92. The molecule has 2 aliphatic heterocycles. The minimum Gasteiger partial charge on any atom is -0.497 e. The smallest absolute Gasteiger partial charge is 0.330 e. The monoisotopic (exact) mass is 723 g/mol. The maximum Gasteiger partial charge on any atom is 0.330 e. The van der Waals surface area contributed by atoms with Crippen molar-refractivity contribution in [1.29, 1.82) is 0 Å². The molecule has 0 amide bonds. The van der Waals surface area contributed by atoms with E-state index in [-0.39, 0.29) is 36.4 Å². The molecule has 3 aromatic carbocycles. The molecule has 13 nitrogen and oxygen atoms in total. The first-order chi connectivity index (χ1) is 24.0. The number of nitrogens with zero attached hydrogens (tertiary/aromatic N) is 2. The molecule has 2 N–H and O–H groups in total. The van der Waals surface area contributed by atoms with Crippen molar-refractivity contribution < 1.29 is 37.2 Å². The van der Waals surface area contributed by atoms with Crippen molar-refractivity contribution in [2.24, 2.45) is 0 Å². The number of hydrogen-bond acceptors (Lipinski definition) is 11. The largest absolute Gasteiger partial charge is 0.497 e. The quantitative estimate of drug-likeness (QED) is 0.182. The number of aromatic amines is 1. The number of nitrogens with one attached hydrogen (secondary N) is 1. The summed E-state index contributed by atoms with van der Waals surface area (Å²) in [5, 5.41) is 11.7. The molecule has 4 atom stereocenters. The van der Waals surface area contributed by atoms with Gasteiger partial charge in [0, 0.05) is 25.4 Å². The number of hydrogen-bond donors (Lipinski definition) is 2. The summed E-state index contributed by atoms with van der Waals surface area (Å²) >= 11 is 5.54. The topological polar surface area (TPSA) is 159 Å². The van der Waals surface area contributed by atoms with Crippen molar-refractivity contribution >= 4 is 27.2 Å². The second kappa shape index (κ2) is 14.7. The third-order valence-corrected chi connectivity index (χ3v) is 10.9. The minimum absolute atomic E-state index is 0.0494. The molecule has 6 rings (SSSR count). The van der Waals surface area contributed by atoms with E-state index in [9.17, 15) is 23.1 Å². The average Bonchev–Trinajstić information content (AvgIpc) is 3.43. The van der Waals surface area contributed by atoms with Crippen molar-refractivity contribution in [3.63, 3.8) is 0 Å². The Morgan fingerprint density at radius 1 is 0.900 bits per heavy atom. The van der Waals surface area contributed by atoms with Crippen LogP contribution in [0, 0.1) is 0 Å². The van der Waals surface area contributed by atoms with E-state index in [0.29, 0.717) is 11.5 Å². The number of aromatic nitrogens is 2. The second-order valence-electron chi connectivity index (χ2n) is 11.9. The highest BCUT2D eigenvalue weighted by atomic mass is 32.2. The molecular formula is C35H37N3O10S2. The summed E-state index contributed by atoms with van der Waals surface area (Å²) in [6.45, 7) is 0.0330. The molecule has 4 aromatic rings. The Balaban J connectivity index is 1.37. The summed E-state index contributed by atoms with van der Waals surface area (Å²) in [5.74, 6) is 1.10. The van der Waals surface area contributed by atoms with Crippen LogP contribution in [0.3, 0.4) is 0 Å².